The minimum Gasteiger partial charge on any atom is -0.415 e. The molecule has 3 rings (SSSR count). The number of rotatable bonds is 2. The van der Waals surface area contributed by atoms with Gasteiger partial charge in [0.1, 0.15) is 0 Å². The number of alkyl halides is 3. The molecule has 0 amide bonds. The molecule has 2 aliphatic carbocycles. The predicted molar refractivity (Wildman–Crippen MR) is 84.1 cm³/mol. The molecular weight excluding hydrogens is 321 g/mol. The first-order valence-electron chi connectivity index (χ1n) is 7.99. The van der Waals surface area contributed by atoms with Gasteiger partial charge in [0.25, 0.3) is 0 Å². The van der Waals surface area contributed by atoms with E-state index in [-0.39, 0.29) is 23.7 Å². The molecule has 0 bridgehead atoms. The van der Waals surface area contributed by atoms with Crippen molar-refractivity contribution in [3.8, 4) is 0 Å². The maximum atomic E-state index is 12.9. The van der Waals surface area contributed by atoms with Crippen molar-refractivity contribution in [3.63, 3.8) is 0 Å². The van der Waals surface area contributed by atoms with Crippen LogP contribution in [0.25, 0.3) is 0 Å². The van der Waals surface area contributed by atoms with Crippen LogP contribution < -0.4 is 0 Å². The molecule has 0 heterocycles. The molecule has 2 aliphatic rings. The van der Waals surface area contributed by atoms with Gasteiger partial charge in [-0.15, -0.1) is 0 Å². The fourth-order valence-electron chi connectivity index (χ4n) is 3.87. The molecule has 6 heteroatoms. The summed E-state index contributed by atoms with van der Waals surface area (Å²) in [5.41, 5.74) is 0.396. The van der Waals surface area contributed by atoms with E-state index in [1.807, 2.05) is 0 Å². The van der Waals surface area contributed by atoms with Gasteiger partial charge in [-0.2, -0.15) is 13.2 Å². The molecule has 23 heavy (non-hydrogen) atoms. The summed E-state index contributed by atoms with van der Waals surface area (Å²) in [5, 5.41) is 0. The second-order valence-corrected chi connectivity index (χ2v) is 12.0. The lowest BCUT2D eigenvalue weighted by Gasteiger charge is -2.35. The lowest BCUT2D eigenvalue weighted by Crippen LogP contribution is -2.37. The molecule has 0 aromatic heterocycles. The Kier molecular flexibility index (Phi) is 3.96. The fourth-order valence-corrected chi connectivity index (χ4v) is 5.09. The largest absolute Gasteiger partial charge is 0.416 e. The van der Waals surface area contributed by atoms with Gasteiger partial charge in [0.2, 0.25) is 0 Å². The molecular formula is C17H21F3O2Si. The number of hydrogen-bond acceptors (Lipinski definition) is 2. The van der Waals surface area contributed by atoms with Crippen LogP contribution in [0.4, 0.5) is 13.2 Å². The van der Waals surface area contributed by atoms with Crippen molar-refractivity contribution in [2.24, 2.45) is 5.92 Å². The third-order valence-corrected chi connectivity index (χ3v) is 5.74. The Hall–Kier alpha value is -1.14. The van der Waals surface area contributed by atoms with E-state index in [0.717, 1.165) is 18.9 Å². The van der Waals surface area contributed by atoms with Gasteiger partial charge in [0.15, 0.2) is 14.1 Å². The molecule has 0 spiro atoms. The number of fused-ring (bicyclic) bond motifs is 3. The number of Topliss-reactive ketones (excluding diaryl/α,β-unsaturated/α-hetero) is 1. The monoisotopic (exact) mass is 342 g/mol. The van der Waals surface area contributed by atoms with E-state index in [1.165, 1.54) is 12.1 Å². The normalized spacial score (nSPS) is 27.7. The maximum Gasteiger partial charge on any atom is 0.416 e. The van der Waals surface area contributed by atoms with Crippen LogP contribution >= 0.6 is 0 Å². The Balaban J connectivity index is 1.86. The van der Waals surface area contributed by atoms with Crippen molar-refractivity contribution in [2.75, 3.05) is 0 Å². The summed E-state index contributed by atoms with van der Waals surface area (Å²) in [6, 6.07) is 3.55. The van der Waals surface area contributed by atoms with E-state index in [2.05, 4.69) is 19.6 Å². The Morgan fingerprint density at radius 2 is 1.83 bits per heavy atom. The fraction of sp³-hybridized carbons (Fsp3) is 0.588. The average molecular weight is 342 g/mol. The molecule has 0 aliphatic heterocycles. The molecule has 3 unspecified atom stereocenters. The number of halogens is 3. The van der Waals surface area contributed by atoms with Gasteiger partial charge in [-0.05, 0) is 62.5 Å². The van der Waals surface area contributed by atoms with Crippen molar-refractivity contribution >= 4 is 14.1 Å². The molecule has 0 radical (unpaired) electrons. The second kappa shape index (κ2) is 5.45. The van der Waals surface area contributed by atoms with Crippen molar-refractivity contribution in [1.82, 2.24) is 0 Å². The third kappa shape index (κ3) is 3.24. The Labute approximate surface area is 135 Å². The highest BCUT2D eigenvalue weighted by atomic mass is 28.4. The van der Waals surface area contributed by atoms with E-state index in [1.54, 1.807) is 0 Å². The average Bonchev–Trinajstić information content (AvgIpc) is 2.69. The smallest absolute Gasteiger partial charge is 0.415 e. The first-order chi connectivity index (χ1) is 10.6. The summed E-state index contributed by atoms with van der Waals surface area (Å²) >= 11 is 0. The number of ketones is 1. The number of carbonyl (C=O) groups excluding carboxylic acids is 1. The zero-order valence-corrected chi connectivity index (χ0v) is 14.5. The highest BCUT2D eigenvalue weighted by Gasteiger charge is 2.45. The Morgan fingerprint density at radius 3 is 2.43 bits per heavy atom. The summed E-state index contributed by atoms with van der Waals surface area (Å²) in [4.78, 5) is 12.6. The Bertz CT molecular complexity index is 634. The van der Waals surface area contributed by atoms with Crippen molar-refractivity contribution < 1.29 is 22.4 Å². The summed E-state index contributed by atoms with van der Waals surface area (Å²) in [5.74, 6) is -0.313. The topological polar surface area (TPSA) is 26.3 Å². The summed E-state index contributed by atoms with van der Waals surface area (Å²) in [7, 11) is -1.68. The second-order valence-electron chi connectivity index (χ2n) is 7.54. The van der Waals surface area contributed by atoms with Crippen LogP contribution in [0, 0.1) is 5.92 Å². The molecule has 126 valence electrons. The van der Waals surface area contributed by atoms with Crippen LogP contribution in [-0.2, 0) is 10.6 Å². The van der Waals surface area contributed by atoms with Gasteiger partial charge in [0.05, 0.1) is 5.56 Å². The van der Waals surface area contributed by atoms with E-state index >= 15 is 0 Å². The van der Waals surface area contributed by atoms with E-state index in [9.17, 15) is 18.0 Å². The van der Waals surface area contributed by atoms with E-state index in [4.69, 9.17) is 4.43 Å². The number of carbonyl (C=O) groups is 1. The van der Waals surface area contributed by atoms with Crippen molar-refractivity contribution in [1.29, 1.82) is 0 Å². The highest BCUT2D eigenvalue weighted by molar-refractivity contribution is 6.69. The minimum atomic E-state index is -4.37. The SMILES string of the molecule is C[Si](C)(C)OC1CCC2c3cc(C(F)(F)F)ccc3C(=O)C2C1. The van der Waals surface area contributed by atoms with Crippen LogP contribution in [0.15, 0.2) is 18.2 Å². The lowest BCUT2D eigenvalue weighted by molar-refractivity contribution is -0.137. The van der Waals surface area contributed by atoms with E-state index in [0.29, 0.717) is 17.5 Å². The van der Waals surface area contributed by atoms with Crippen LogP contribution in [-0.4, -0.2) is 20.2 Å². The molecule has 2 nitrogen and oxygen atoms in total. The maximum absolute atomic E-state index is 12.9. The van der Waals surface area contributed by atoms with Crippen LogP contribution in [0.1, 0.15) is 46.7 Å². The van der Waals surface area contributed by atoms with Crippen molar-refractivity contribution in [2.45, 2.75) is 57.1 Å². The summed E-state index contributed by atoms with van der Waals surface area (Å²) < 4.78 is 44.9. The standard InChI is InChI=1S/C17H21F3O2Si/c1-23(2,3)22-11-5-7-12-14-8-10(17(18,19)20)4-6-13(14)16(21)15(12)9-11/h4,6,8,11-12,15H,5,7,9H2,1-3H3. The number of hydrogen-bond donors (Lipinski definition) is 0. The quantitative estimate of drug-likeness (QED) is 0.707. The van der Waals surface area contributed by atoms with Crippen LogP contribution in [0.3, 0.4) is 0 Å². The minimum absolute atomic E-state index is 0.0115. The van der Waals surface area contributed by atoms with Crippen LogP contribution in [0.2, 0.25) is 19.6 Å². The van der Waals surface area contributed by atoms with Gasteiger partial charge >= 0.3 is 6.18 Å². The van der Waals surface area contributed by atoms with Gasteiger partial charge in [-0.3, -0.25) is 4.79 Å². The zero-order chi connectivity index (χ0) is 17.0. The van der Waals surface area contributed by atoms with Gasteiger partial charge in [-0.1, -0.05) is 6.07 Å². The highest BCUT2D eigenvalue weighted by Crippen LogP contribution is 2.48. The third-order valence-electron chi connectivity index (χ3n) is 4.70. The summed E-state index contributed by atoms with van der Waals surface area (Å²) in [6.07, 6.45) is -2.14. The van der Waals surface area contributed by atoms with Crippen LogP contribution in [0.5, 0.6) is 0 Å². The first-order valence-corrected chi connectivity index (χ1v) is 11.4. The molecule has 0 saturated heterocycles. The predicted octanol–water partition coefficient (Wildman–Crippen LogP) is 5.01. The molecule has 1 aromatic rings. The Morgan fingerprint density at radius 1 is 1.13 bits per heavy atom. The number of benzene rings is 1. The lowest BCUT2D eigenvalue weighted by atomic mass is 9.78. The molecule has 3 atom stereocenters. The molecule has 0 N–H and O–H groups in total. The first kappa shape index (κ1) is 16.7. The van der Waals surface area contributed by atoms with Gasteiger partial charge in [0, 0.05) is 17.6 Å². The summed E-state index contributed by atoms with van der Waals surface area (Å²) in [6.45, 7) is 6.33. The van der Waals surface area contributed by atoms with E-state index < -0.39 is 20.1 Å². The zero-order valence-electron chi connectivity index (χ0n) is 13.5. The van der Waals surface area contributed by atoms with Gasteiger partial charge in [-0.25, -0.2) is 0 Å². The van der Waals surface area contributed by atoms with Gasteiger partial charge < -0.3 is 4.43 Å². The van der Waals surface area contributed by atoms with Crippen molar-refractivity contribution in [3.05, 3.63) is 34.9 Å². The molecule has 1 aromatic carbocycles. The molecule has 1 fully saturated rings. The molecule has 1 saturated carbocycles.